The Bertz CT molecular complexity index is 357. The van der Waals surface area contributed by atoms with Crippen LogP contribution in [0.15, 0.2) is 24.3 Å². The van der Waals surface area contributed by atoms with E-state index in [-0.39, 0.29) is 0 Å². The first-order chi connectivity index (χ1) is 8.81. The summed E-state index contributed by atoms with van der Waals surface area (Å²) in [5.74, 6) is 1.36. The van der Waals surface area contributed by atoms with Gasteiger partial charge >= 0.3 is 0 Å². The van der Waals surface area contributed by atoms with Crippen molar-refractivity contribution in [2.75, 3.05) is 13.7 Å². The molecule has 3 heteroatoms. The quantitative estimate of drug-likeness (QED) is 0.873. The largest absolute Gasteiger partial charge is 0.497 e. The lowest BCUT2D eigenvalue weighted by Crippen LogP contribution is -2.23. The lowest BCUT2D eigenvalue weighted by Gasteiger charge is -2.27. The Morgan fingerprint density at radius 1 is 1.22 bits per heavy atom. The minimum absolute atomic E-state index is 0.322. The van der Waals surface area contributed by atoms with Gasteiger partial charge in [0, 0.05) is 6.61 Å². The summed E-state index contributed by atoms with van der Waals surface area (Å²) in [6.45, 7) is 0.967. The molecule has 2 rings (SSSR count). The van der Waals surface area contributed by atoms with Crippen molar-refractivity contribution in [3.63, 3.8) is 0 Å². The molecule has 1 aliphatic carbocycles. The second kappa shape index (κ2) is 6.76. The maximum absolute atomic E-state index is 9.09. The lowest BCUT2D eigenvalue weighted by molar-refractivity contribution is 0.00115. The summed E-state index contributed by atoms with van der Waals surface area (Å²) in [5, 5.41) is 9.09. The van der Waals surface area contributed by atoms with Crippen molar-refractivity contribution in [2.24, 2.45) is 5.92 Å². The molecule has 1 fully saturated rings. The molecule has 1 aromatic carbocycles. The highest BCUT2D eigenvalue weighted by molar-refractivity contribution is 5.27. The molecule has 0 heterocycles. The Kier molecular flexibility index (Phi) is 5.02. The Morgan fingerprint density at radius 2 is 2.00 bits per heavy atom. The highest BCUT2D eigenvalue weighted by Gasteiger charge is 2.20. The zero-order chi connectivity index (χ0) is 12.8. The molecule has 0 unspecified atom stereocenters. The fourth-order valence-corrected chi connectivity index (χ4v) is 2.46. The molecule has 0 atom stereocenters. The minimum Gasteiger partial charge on any atom is -0.497 e. The van der Waals surface area contributed by atoms with Crippen molar-refractivity contribution in [3.05, 3.63) is 29.8 Å². The number of hydrogen-bond acceptors (Lipinski definition) is 3. The normalized spacial score (nSPS) is 23.9. The predicted octanol–water partition coefficient (Wildman–Crippen LogP) is 2.76. The van der Waals surface area contributed by atoms with Crippen LogP contribution in [0.25, 0.3) is 0 Å². The van der Waals surface area contributed by atoms with Gasteiger partial charge in [0.25, 0.3) is 0 Å². The van der Waals surface area contributed by atoms with E-state index >= 15 is 0 Å². The van der Waals surface area contributed by atoms with Crippen molar-refractivity contribution < 1.29 is 14.6 Å². The standard InChI is InChI=1S/C15H22O3/c1-17-15-4-2-3-13(9-15)11-18-14-7-5-12(10-16)6-8-14/h2-4,9,12,14,16H,5-8,10-11H2,1H3. The molecule has 1 aliphatic rings. The van der Waals surface area contributed by atoms with E-state index in [1.54, 1.807) is 7.11 Å². The maximum atomic E-state index is 9.09. The number of hydrogen-bond donors (Lipinski definition) is 1. The zero-order valence-electron chi connectivity index (χ0n) is 11.0. The van der Waals surface area contributed by atoms with Gasteiger partial charge in [0.05, 0.1) is 19.8 Å². The molecule has 1 N–H and O–H groups in total. The van der Waals surface area contributed by atoms with Gasteiger partial charge in [-0.05, 0) is 49.3 Å². The molecule has 18 heavy (non-hydrogen) atoms. The molecule has 0 bridgehead atoms. The summed E-state index contributed by atoms with van der Waals surface area (Å²) < 4.78 is 11.1. The van der Waals surface area contributed by atoms with Crippen LogP contribution in [0, 0.1) is 5.92 Å². The van der Waals surface area contributed by atoms with Crippen molar-refractivity contribution in [1.29, 1.82) is 0 Å². The molecule has 100 valence electrons. The number of rotatable bonds is 5. The van der Waals surface area contributed by atoms with E-state index in [1.807, 2.05) is 18.2 Å². The molecule has 0 amide bonds. The fraction of sp³-hybridized carbons (Fsp3) is 0.600. The van der Waals surface area contributed by atoms with Gasteiger partial charge in [0.15, 0.2) is 0 Å². The highest BCUT2D eigenvalue weighted by atomic mass is 16.5. The van der Waals surface area contributed by atoms with Crippen LogP contribution in [0.2, 0.25) is 0 Å². The molecule has 0 radical (unpaired) electrons. The minimum atomic E-state index is 0.322. The van der Waals surface area contributed by atoms with E-state index in [0.717, 1.165) is 37.0 Å². The number of ether oxygens (including phenoxy) is 2. The van der Waals surface area contributed by atoms with E-state index in [2.05, 4.69) is 6.07 Å². The molecule has 3 nitrogen and oxygen atoms in total. The van der Waals surface area contributed by atoms with Crippen molar-refractivity contribution >= 4 is 0 Å². The number of aliphatic hydroxyl groups is 1. The van der Waals surface area contributed by atoms with E-state index in [0.29, 0.717) is 25.2 Å². The van der Waals surface area contributed by atoms with Crippen LogP contribution in [0.5, 0.6) is 5.75 Å². The van der Waals surface area contributed by atoms with E-state index in [1.165, 1.54) is 0 Å². The maximum Gasteiger partial charge on any atom is 0.119 e. The first-order valence-electron chi connectivity index (χ1n) is 6.67. The number of methoxy groups -OCH3 is 1. The van der Waals surface area contributed by atoms with Gasteiger partial charge in [0.2, 0.25) is 0 Å². The topological polar surface area (TPSA) is 38.7 Å². The average molecular weight is 250 g/mol. The second-order valence-electron chi connectivity index (χ2n) is 4.99. The molecule has 0 aliphatic heterocycles. The summed E-state index contributed by atoms with van der Waals surface area (Å²) in [4.78, 5) is 0. The molecule has 0 aromatic heterocycles. The summed E-state index contributed by atoms with van der Waals surface area (Å²) in [7, 11) is 1.68. The van der Waals surface area contributed by atoms with Crippen LogP contribution in [0.3, 0.4) is 0 Å². The second-order valence-corrected chi connectivity index (χ2v) is 4.99. The third kappa shape index (κ3) is 3.72. The monoisotopic (exact) mass is 250 g/mol. The van der Waals surface area contributed by atoms with Crippen molar-refractivity contribution in [2.45, 2.75) is 38.4 Å². The summed E-state index contributed by atoms with van der Waals surface area (Å²) in [6, 6.07) is 8.00. The van der Waals surface area contributed by atoms with Gasteiger partial charge in [-0.2, -0.15) is 0 Å². The van der Waals surface area contributed by atoms with Gasteiger partial charge in [-0.1, -0.05) is 12.1 Å². The molecule has 0 saturated heterocycles. The van der Waals surface area contributed by atoms with Crippen molar-refractivity contribution in [1.82, 2.24) is 0 Å². The Balaban J connectivity index is 1.77. The van der Waals surface area contributed by atoms with Gasteiger partial charge in [-0.3, -0.25) is 0 Å². The van der Waals surface area contributed by atoms with Gasteiger partial charge in [-0.15, -0.1) is 0 Å². The van der Waals surface area contributed by atoms with Crippen LogP contribution >= 0.6 is 0 Å². The SMILES string of the molecule is COc1cccc(COC2CCC(CO)CC2)c1. The fourth-order valence-electron chi connectivity index (χ4n) is 2.46. The number of aliphatic hydroxyl groups excluding tert-OH is 1. The van der Waals surface area contributed by atoms with Gasteiger partial charge in [0.1, 0.15) is 5.75 Å². The third-order valence-corrected chi connectivity index (χ3v) is 3.67. The van der Waals surface area contributed by atoms with E-state index in [4.69, 9.17) is 14.6 Å². The molecule has 0 spiro atoms. The molecule has 1 saturated carbocycles. The summed E-state index contributed by atoms with van der Waals surface area (Å²) >= 11 is 0. The summed E-state index contributed by atoms with van der Waals surface area (Å²) in [6.07, 6.45) is 4.64. The van der Waals surface area contributed by atoms with Crippen LogP contribution < -0.4 is 4.74 Å². The lowest BCUT2D eigenvalue weighted by atomic mass is 9.88. The average Bonchev–Trinajstić information content (AvgIpc) is 2.46. The van der Waals surface area contributed by atoms with Crippen LogP contribution in [-0.2, 0) is 11.3 Å². The third-order valence-electron chi connectivity index (χ3n) is 3.67. The first kappa shape index (κ1) is 13.4. The first-order valence-corrected chi connectivity index (χ1v) is 6.67. The van der Waals surface area contributed by atoms with Crippen LogP contribution in [0.1, 0.15) is 31.2 Å². The van der Waals surface area contributed by atoms with E-state index < -0.39 is 0 Å². The van der Waals surface area contributed by atoms with Crippen molar-refractivity contribution in [3.8, 4) is 5.75 Å². The smallest absolute Gasteiger partial charge is 0.119 e. The summed E-state index contributed by atoms with van der Waals surface area (Å²) in [5.41, 5.74) is 1.15. The number of benzene rings is 1. The van der Waals surface area contributed by atoms with Gasteiger partial charge in [-0.25, -0.2) is 0 Å². The Labute approximate surface area is 109 Å². The Morgan fingerprint density at radius 3 is 2.67 bits per heavy atom. The Hall–Kier alpha value is -1.06. The zero-order valence-corrected chi connectivity index (χ0v) is 11.0. The van der Waals surface area contributed by atoms with Crippen LogP contribution in [0.4, 0.5) is 0 Å². The molecule has 1 aromatic rings. The predicted molar refractivity (Wildman–Crippen MR) is 70.6 cm³/mol. The molecular weight excluding hydrogens is 228 g/mol. The van der Waals surface area contributed by atoms with Crippen LogP contribution in [-0.4, -0.2) is 24.9 Å². The van der Waals surface area contributed by atoms with Gasteiger partial charge < -0.3 is 14.6 Å². The highest BCUT2D eigenvalue weighted by Crippen LogP contribution is 2.26. The molecular formula is C15H22O3. The van der Waals surface area contributed by atoms with E-state index in [9.17, 15) is 0 Å².